The van der Waals surface area contributed by atoms with Crippen LogP contribution >= 0.6 is 0 Å². The van der Waals surface area contributed by atoms with Crippen LogP contribution in [0.2, 0.25) is 0 Å². The molecule has 0 N–H and O–H groups in total. The second kappa shape index (κ2) is 14.7. The van der Waals surface area contributed by atoms with E-state index in [-0.39, 0.29) is 12.1 Å². The Morgan fingerprint density at radius 2 is 1.28 bits per heavy atom. The Morgan fingerprint density at radius 1 is 0.719 bits per heavy atom. The van der Waals surface area contributed by atoms with Crippen LogP contribution in [0.5, 0.6) is 11.5 Å². The fraction of sp³-hybridized carbons (Fsp3) is 0.552. The predicted molar refractivity (Wildman–Crippen MR) is 134 cm³/mol. The molecule has 2 atom stereocenters. The van der Waals surface area contributed by atoms with E-state index in [2.05, 4.69) is 39.8 Å². The molecule has 0 bridgehead atoms. The Hall–Kier alpha value is -2.29. The SMILES string of the molecule is CCCCCC[C@@H](C)Oc1ccc(C(=O)Oc2ccc([C@@H](C)CCCCCC)cc2)cc1. The third-order valence-electron chi connectivity index (χ3n) is 6.04. The van der Waals surface area contributed by atoms with Crippen LogP contribution < -0.4 is 9.47 Å². The van der Waals surface area contributed by atoms with Crippen LogP contribution in [-0.2, 0) is 0 Å². The molecule has 0 fully saturated rings. The van der Waals surface area contributed by atoms with Gasteiger partial charge in [-0.3, -0.25) is 0 Å². The number of ether oxygens (including phenoxy) is 2. The van der Waals surface area contributed by atoms with Crippen LogP contribution in [-0.4, -0.2) is 12.1 Å². The van der Waals surface area contributed by atoms with Gasteiger partial charge in [-0.2, -0.15) is 0 Å². The van der Waals surface area contributed by atoms with Gasteiger partial charge in [-0.05, 0) is 74.1 Å². The van der Waals surface area contributed by atoms with E-state index in [1.807, 2.05) is 24.3 Å². The number of esters is 1. The number of rotatable bonds is 15. The molecule has 3 nitrogen and oxygen atoms in total. The zero-order chi connectivity index (χ0) is 23.2. The van der Waals surface area contributed by atoms with E-state index in [9.17, 15) is 4.79 Å². The van der Waals surface area contributed by atoms with Crippen molar-refractivity contribution in [3.05, 3.63) is 59.7 Å². The number of carbonyl (C=O) groups excluding carboxylic acids is 1. The van der Waals surface area contributed by atoms with Crippen LogP contribution in [0.1, 0.15) is 114 Å². The highest BCUT2D eigenvalue weighted by Gasteiger charge is 2.11. The largest absolute Gasteiger partial charge is 0.491 e. The monoisotopic (exact) mass is 438 g/mol. The molecule has 0 unspecified atom stereocenters. The standard InChI is InChI=1S/C29H42O3/c1-5-7-9-11-13-23(3)25-15-19-28(20-16-25)32-29(30)26-17-21-27(22-18-26)31-24(4)14-12-10-8-6-2/h15-24H,5-14H2,1-4H3/t23-,24+/m0/s1. The van der Waals surface area contributed by atoms with E-state index in [0.29, 0.717) is 17.2 Å². The van der Waals surface area contributed by atoms with Gasteiger partial charge in [0.15, 0.2) is 0 Å². The first-order valence-electron chi connectivity index (χ1n) is 12.6. The van der Waals surface area contributed by atoms with Crippen LogP contribution in [0.25, 0.3) is 0 Å². The lowest BCUT2D eigenvalue weighted by Gasteiger charge is -2.15. The first kappa shape index (κ1) is 26.0. The fourth-order valence-electron chi connectivity index (χ4n) is 3.89. The Kier molecular flexibility index (Phi) is 11.9. The van der Waals surface area contributed by atoms with Gasteiger partial charge in [-0.1, -0.05) is 77.8 Å². The van der Waals surface area contributed by atoms with Gasteiger partial charge in [-0.15, -0.1) is 0 Å². The quantitative estimate of drug-likeness (QED) is 0.158. The van der Waals surface area contributed by atoms with Gasteiger partial charge in [-0.25, -0.2) is 4.79 Å². The van der Waals surface area contributed by atoms with Gasteiger partial charge >= 0.3 is 5.97 Å². The molecule has 0 radical (unpaired) electrons. The highest BCUT2D eigenvalue weighted by molar-refractivity contribution is 5.91. The molecule has 3 heteroatoms. The minimum absolute atomic E-state index is 0.178. The zero-order valence-electron chi connectivity index (χ0n) is 20.6. The van der Waals surface area contributed by atoms with Crippen LogP contribution in [0, 0.1) is 0 Å². The molecule has 0 aliphatic rings. The molecule has 176 valence electrons. The normalized spacial score (nSPS) is 12.9. The number of hydrogen-bond donors (Lipinski definition) is 0. The summed E-state index contributed by atoms with van der Waals surface area (Å²) in [5.41, 5.74) is 1.83. The minimum atomic E-state index is -0.343. The summed E-state index contributed by atoms with van der Waals surface area (Å²) in [7, 11) is 0. The van der Waals surface area contributed by atoms with Gasteiger partial charge in [0, 0.05) is 0 Å². The Labute approximate surface area is 195 Å². The van der Waals surface area contributed by atoms with Crippen molar-refractivity contribution in [2.24, 2.45) is 0 Å². The summed E-state index contributed by atoms with van der Waals surface area (Å²) >= 11 is 0. The number of hydrogen-bond acceptors (Lipinski definition) is 3. The molecular formula is C29H42O3. The molecule has 0 amide bonds. The van der Waals surface area contributed by atoms with E-state index in [0.717, 1.165) is 12.2 Å². The highest BCUT2D eigenvalue weighted by Crippen LogP contribution is 2.25. The van der Waals surface area contributed by atoms with Crippen molar-refractivity contribution in [3.8, 4) is 11.5 Å². The molecule has 0 spiro atoms. The Bertz CT molecular complexity index is 764. The molecule has 0 aliphatic heterocycles. The molecule has 32 heavy (non-hydrogen) atoms. The smallest absolute Gasteiger partial charge is 0.343 e. The van der Waals surface area contributed by atoms with Gasteiger partial charge in [0.25, 0.3) is 0 Å². The highest BCUT2D eigenvalue weighted by atomic mass is 16.5. The number of unbranched alkanes of at least 4 members (excludes halogenated alkanes) is 6. The average molecular weight is 439 g/mol. The van der Waals surface area contributed by atoms with E-state index in [1.165, 1.54) is 63.4 Å². The number of carbonyl (C=O) groups is 1. The van der Waals surface area contributed by atoms with E-state index in [4.69, 9.17) is 9.47 Å². The third kappa shape index (κ3) is 9.46. The molecule has 0 saturated carbocycles. The van der Waals surface area contributed by atoms with Crippen molar-refractivity contribution < 1.29 is 14.3 Å². The first-order chi connectivity index (χ1) is 15.5. The lowest BCUT2D eigenvalue weighted by molar-refractivity contribution is 0.0734. The lowest BCUT2D eigenvalue weighted by atomic mass is 9.95. The fourth-order valence-corrected chi connectivity index (χ4v) is 3.89. The van der Waals surface area contributed by atoms with Crippen LogP contribution in [0.15, 0.2) is 48.5 Å². The first-order valence-corrected chi connectivity index (χ1v) is 12.6. The average Bonchev–Trinajstić information content (AvgIpc) is 2.80. The van der Waals surface area contributed by atoms with Crippen LogP contribution in [0.4, 0.5) is 0 Å². The zero-order valence-corrected chi connectivity index (χ0v) is 20.6. The molecule has 0 aliphatic carbocycles. The van der Waals surface area contributed by atoms with Crippen molar-refractivity contribution >= 4 is 5.97 Å². The maximum absolute atomic E-state index is 12.5. The molecule has 2 aromatic rings. The summed E-state index contributed by atoms with van der Waals surface area (Å²) in [6.07, 6.45) is 12.6. The predicted octanol–water partition coefficient (Wildman–Crippen LogP) is 8.72. The van der Waals surface area contributed by atoms with Crippen molar-refractivity contribution in [2.45, 2.75) is 104 Å². The maximum Gasteiger partial charge on any atom is 0.343 e. The van der Waals surface area contributed by atoms with E-state index in [1.54, 1.807) is 12.1 Å². The summed E-state index contributed by atoms with van der Waals surface area (Å²) < 4.78 is 11.5. The summed E-state index contributed by atoms with van der Waals surface area (Å²) in [6, 6.07) is 15.2. The van der Waals surface area contributed by atoms with Gasteiger partial charge in [0.05, 0.1) is 11.7 Å². The second-order valence-electron chi connectivity index (χ2n) is 9.01. The summed E-state index contributed by atoms with van der Waals surface area (Å²) in [6.45, 7) is 8.83. The van der Waals surface area contributed by atoms with Gasteiger partial charge in [0.2, 0.25) is 0 Å². The van der Waals surface area contributed by atoms with Crippen molar-refractivity contribution in [1.82, 2.24) is 0 Å². The van der Waals surface area contributed by atoms with Gasteiger partial charge < -0.3 is 9.47 Å². The summed E-state index contributed by atoms with van der Waals surface area (Å²) in [5.74, 6) is 1.56. The summed E-state index contributed by atoms with van der Waals surface area (Å²) in [4.78, 5) is 12.5. The van der Waals surface area contributed by atoms with Gasteiger partial charge in [0.1, 0.15) is 11.5 Å². The maximum atomic E-state index is 12.5. The molecule has 0 saturated heterocycles. The Balaban J connectivity index is 1.80. The summed E-state index contributed by atoms with van der Waals surface area (Å²) in [5, 5.41) is 0. The third-order valence-corrected chi connectivity index (χ3v) is 6.04. The molecule has 0 aromatic heterocycles. The van der Waals surface area contributed by atoms with Crippen molar-refractivity contribution in [3.63, 3.8) is 0 Å². The van der Waals surface area contributed by atoms with E-state index < -0.39 is 0 Å². The molecule has 2 rings (SSSR count). The second-order valence-corrected chi connectivity index (χ2v) is 9.01. The van der Waals surface area contributed by atoms with E-state index >= 15 is 0 Å². The minimum Gasteiger partial charge on any atom is -0.491 e. The van der Waals surface area contributed by atoms with Crippen LogP contribution in [0.3, 0.4) is 0 Å². The topological polar surface area (TPSA) is 35.5 Å². The molecular weight excluding hydrogens is 396 g/mol. The van der Waals surface area contributed by atoms with Crippen molar-refractivity contribution in [2.75, 3.05) is 0 Å². The lowest BCUT2D eigenvalue weighted by Crippen LogP contribution is -2.12. The number of benzene rings is 2. The molecule has 2 aromatic carbocycles. The van der Waals surface area contributed by atoms with Crippen molar-refractivity contribution in [1.29, 1.82) is 0 Å². The molecule has 0 heterocycles. The Morgan fingerprint density at radius 3 is 1.88 bits per heavy atom.